The molecule has 0 rings (SSSR count). The van der Waals surface area contributed by atoms with Crippen molar-refractivity contribution in [2.45, 2.75) is 51.1 Å². The Kier molecular flexibility index (Phi) is 7.14. The lowest BCUT2D eigenvalue weighted by atomic mass is 9.81. The summed E-state index contributed by atoms with van der Waals surface area (Å²) in [6.45, 7) is 5.25. The molecule has 0 aliphatic carbocycles. The van der Waals surface area contributed by atoms with Crippen LogP contribution in [0.1, 0.15) is 39.5 Å². The fraction of sp³-hybridized carbons (Fsp3) is 1.00. The SMILES string of the molecule is CCC(CC)(C(N)CCCOC)N(C)C. The van der Waals surface area contributed by atoms with Crippen molar-refractivity contribution in [2.24, 2.45) is 5.73 Å². The molecule has 0 saturated carbocycles. The summed E-state index contributed by atoms with van der Waals surface area (Å²) in [6.07, 6.45) is 4.29. The number of methoxy groups -OCH3 is 1. The molecule has 0 radical (unpaired) electrons. The number of nitrogens with two attached hydrogens (primary N) is 1. The summed E-state index contributed by atoms with van der Waals surface area (Å²) in [6, 6.07) is 0.234. The molecule has 1 unspecified atom stereocenters. The van der Waals surface area contributed by atoms with Crippen molar-refractivity contribution >= 4 is 0 Å². The largest absolute Gasteiger partial charge is 0.385 e. The van der Waals surface area contributed by atoms with E-state index in [9.17, 15) is 0 Å². The van der Waals surface area contributed by atoms with Gasteiger partial charge in [0.15, 0.2) is 0 Å². The minimum Gasteiger partial charge on any atom is -0.385 e. The van der Waals surface area contributed by atoms with Crippen molar-refractivity contribution in [3.8, 4) is 0 Å². The van der Waals surface area contributed by atoms with Crippen molar-refractivity contribution in [3.05, 3.63) is 0 Å². The van der Waals surface area contributed by atoms with Gasteiger partial charge in [-0.15, -0.1) is 0 Å². The van der Waals surface area contributed by atoms with Crippen LogP contribution in [0.4, 0.5) is 0 Å². The number of nitrogens with zero attached hydrogens (tertiary/aromatic N) is 1. The van der Waals surface area contributed by atoms with Gasteiger partial charge in [0.1, 0.15) is 0 Å². The summed E-state index contributed by atoms with van der Waals surface area (Å²) in [4.78, 5) is 2.28. The van der Waals surface area contributed by atoms with Crippen LogP contribution in [0.3, 0.4) is 0 Å². The van der Waals surface area contributed by atoms with E-state index in [0.29, 0.717) is 0 Å². The average molecular weight is 216 g/mol. The van der Waals surface area contributed by atoms with Crippen LogP contribution in [0.5, 0.6) is 0 Å². The van der Waals surface area contributed by atoms with E-state index in [2.05, 4.69) is 32.8 Å². The highest BCUT2D eigenvalue weighted by molar-refractivity contribution is 4.94. The molecule has 0 aliphatic rings. The van der Waals surface area contributed by atoms with Crippen LogP contribution in [-0.4, -0.2) is 44.3 Å². The summed E-state index contributed by atoms with van der Waals surface area (Å²) in [7, 11) is 6.00. The van der Waals surface area contributed by atoms with Gasteiger partial charge in [0, 0.05) is 25.3 Å². The molecule has 0 fully saturated rings. The van der Waals surface area contributed by atoms with Crippen molar-refractivity contribution in [3.63, 3.8) is 0 Å². The van der Waals surface area contributed by atoms with Crippen LogP contribution >= 0.6 is 0 Å². The van der Waals surface area contributed by atoms with Crippen LogP contribution in [0.2, 0.25) is 0 Å². The molecule has 92 valence electrons. The predicted octanol–water partition coefficient (Wildman–Crippen LogP) is 1.86. The molecule has 0 aliphatic heterocycles. The quantitative estimate of drug-likeness (QED) is 0.629. The van der Waals surface area contributed by atoms with Crippen LogP contribution in [0, 0.1) is 0 Å². The first-order chi connectivity index (χ1) is 7.05. The van der Waals surface area contributed by atoms with Crippen LogP contribution < -0.4 is 5.73 Å². The maximum absolute atomic E-state index is 6.32. The first-order valence-corrected chi connectivity index (χ1v) is 5.97. The Morgan fingerprint density at radius 2 is 1.80 bits per heavy atom. The third-order valence-corrected chi connectivity index (χ3v) is 3.67. The lowest BCUT2D eigenvalue weighted by Gasteiger charge is -2.43. The summed E-state index contributed by atoms with van der Waals surface area (Å²) in [5.74, 6) is 0. The number of rotatable bonds is 8. The normalized spacial score (nSPS) is 14.6. The molecular weight excluding hydrogens is 188 g/mol. The van der Waals surface area contributed by atoms with Crippen LogP contribution in [-0.2, 0) is 4.74 Å². The fourth-order valence-electron chi connectivity index (χ4n) is 2.45. The van der Waals surface area contributed by atoms with Crippen molar-refractivity contribution < 1.29 is 4.74 Å². The second-order valence-electron chi connectivity index (χ2n) is 4.45. The standard InChI is InChI=1S/C12H28N2O/c1-6-12(7-2,14(3)4)11(13)9-8-10-15-5/h11H,6-10,13H2,1-5H3. The minimum absolute atomic E-state index is 0.147. The molecule has 0 heterocycles. The summed E-state index contributed by atoms with van der Waals surface area (Å²) in [5.41, 5.74) is 6.47. The van der Waals surface area contributed by atoms with Gasteiger partial charge in [0.2, 0.25) is 0 Å². The maximum atomic E-state index is 6.32. The van der Waals surface area contributed by atoms with E-state index in [-0.39, 0.29) is 11.6 Å². The van der Waals surface area contributed by atoms with E-state index in [1.165, 1.54) is 0 Å². The lowest BCUT2D eigenvalue weighted by molar-refractivity contribution is 0.0950. The van der Waals surface area contributed by atoms with Gasteiger partial charge in [-0.25, -0.2) is 0 Å². The topological polar surface area (TPSA) is 38.5 Å². The molecule has 0 amide bonds. The molecular formula is C12H28N2O. The first kappa shape index (κ1) is 14.9. The highest BCUT2D eigenvalue weighted by Gasteiger charge is 2.34. The summed E-state index contributed by atoms with van der Waals surface area (Å²) >= 11 is 0. The Hall–Kier alpha value is -0.120. The lowest BCUT2D eigenvalue weighted by Crippen LogP contribution is -2.56. The molecule has 0 aromatic carbocycles. The molecule has 15 heavy (non-hydrogen) atoms. The predicted molar refractivity (Wildman–Crippen MR) is 66.1 cm³/mol. The van der Waals surface area contributed by atoms with E-state index in [1.54, 1.807) is 7.11 Å². The monoisotopic (exact) mass is 216 g/mol. The minimum atomic E-state index is 0.147. The first-order valence-electron chi connectivity index (χ1n) is 5.97. The Balaban J connectivity index is 4.34. The Labute approximate surface area is 95.0 Å². The van der Waals surface area contributed by atoms with Crippen LogP contribution in [0.15, 0.2) is 0 Å². The molecule has 0 aromatic rings. The Bertz CT molecular complexity index is 156. The van der Waals surface area contributed by atoms with E-state index < -0.39 is 0 Å². The highest BCUT2D eigenvalue weighted by Crippen LogP contribution is 2.26. The number of likely N-dealkylation sites (N-methyl/N-ethyl adjacent to an activating group) is 1. The van der Waals surface area contributed by atoms with Crippen molar-refractivity contribution in [1.29, 1.82) is 0 Å². The number of hydrogen-bond donors (Lipinski definition) is 1. The molecule has 2 N–H and O–H groups in total. The summed E-state index contributed by atoms with van der Waals surface area (Å²) in [5, 5.41) is 0. The number of hydrogen-bond acceptors (Lipinski definition) is 3. The van der Waals surface area contributed by atoms with Gasteiger partial charge in [0.25, 0.3) is 0 Å². The molecule has 3 nitrogen and oxygen atoms in total. The van der Waals surface area contributed by atoms with E-state index in [0.717, 1.165) is 32.3 Å². The van der Waals surface area contributed by atoms with Gasteiger partial charge in [-0.1, -0.05) is 13.8 Å². The molecule has 0 bridgehead atoms. The third kappa shape index (κ3) is 3.74. The molecule has 0 spiro atoms. The fourth-order valence-corrected chi connectivity index (χ4v) is 2.45. The zero-order valence-corrected chi connectivity index (χ0v) is 11.0. The van der Waals surface area contributed by atoms with Gasteiger partial charge in [-0.05, 0) is 39.8 Å². The molecule has 1 atom stereocenters. The number of ether oxygens (including phenoxy) is 1. The van der Waals surface area contributed by atoms with Crippen LogP contribution in [0.25, 0.3) is 0 Å². The van der Waals surface area contributed by atoms with E-state index in [1.807, 2.05) is 0 Å². The average Bonchev–Trinajstić information content (AvgIpc) is 2.20. The van der Waals surface area contributed by atoms with Gasteiger partial charge < -0.3 is 15.4 Å². The van der Waals surface area contributed by atoms with Crippen molar-refractivity contribution in [1.82, 2.24) is 4.90 Å². The van der Waals surface area contributed by atoms with E-state index in [4.69, 9.17) is 10.5 Å². The zero-order valence-electron chi connectivity index (χ0n) is 11.0. The van der Waals surface area contributed by atoms with E-state index >= 15 is 0 Å². The van der Waals surface area contributed by atoms with Gasteiger partial charge >= 0.3 is 0 Å². The highest BCUT2D eigenvalue weighted by atomic mass is 16.5. The Morgan fingerprint density at radius 3 is 2.13 bits per heavy atom. The second kappa shape index (κ2) is 7.20. The second-order valence-corrected chi connectivity index (χ2v) is 4.45. The van der Waals surface area contributed by atoms with Crippen molar-refractivity contribution in [2.75, 3.05) is 27.8 Å². The van der Waals surface area contributed by atoms with Gasteiger partial charge in [-0.3, -0.25) is 0 Å². The zero-order chi connectivity index (χ0) is 11.9. The molecule has 3 heteroatoms. The summed E-state index contributed by atoms with van der Waals surface area (Å²) < 4.78 is 5.06. The van der Waals surface area contributed by atoms with Gasteiger partial charge in [0.05, 0.1) is 0 Å². The molecule has 0 saturated heterocycles. The van der Waals surface area contributed by atoms with Gasteiger partial charge in [-0.2, -0.15) is 0 Å². The third-order valence-electron chi connectivity index (χ3n) is 3.67. The molecule has 0 aromatic heterocycles. The Morgan fingerprint density at radius 1 is 1.27 bits per heavy atom. The smallest absolute Gasteiger partial charge is 0.0462 e. The maximum Gasteiger partial charge on any atom is 0.0462 e.